The molecule has 0 aliphatic carbocycles. The molecule has 1 heterocycles. The fourth-order valence-electron chi connectivity index (χ4n) is 2.81. The number of fused-ring (bicyclic) bond motifs is 1. The second kappa shape index (κ2) is 6.07. The third-order valence-electron chi connectivity index (χ3n) is 4.13. The molecule has 0 atom stereocenters. The van der Waals surface area contributed by atoms with Crippen LogP contribution in [0.25, 0.3) is 22.0 Å². The summed E-state index contributed by atoms with van der Waals surface area (Å²) in [5, 5.41) is 1.24. The van der Waals surface area contributed by atoms with Crippen molar-refractivity contribution in [3.05, 3.63) is 84.6 Å². The number of allylic oxidation sites excluding steroid dienone is 2. The molecule has 22 heavy (non-hydrogen) atoms. The van der Waals surface area contributed by atoms with Gasteiger partial charge in [0.15, 0.2) is 0 Å². The summed E-state index contributed by atoms with van der Waals surface area (Å²) in [7, 11) is 0. The van der Waals surface area contributed by atoms with Gasteiger partial charge in [-0.15, -0.1) is 0 Å². The highest BCUT2D eigenvalue weighted by atomic mass is 14.7. The minimum atomic E-state index is 0.925. The molecular weight excluding hydrogens is 266 g/mol. The van der Waals surface area contributed by atoms with Gasteiger partial charge in [0, 0.05) is 22.7 Å². The van der Waals surface area contributed by atoms with Gasteiger partial charge in [-0.25, -0.2) is 0 Å². The molecule has 0 bridgehead atoms. The lowest BCUT2D eigenvalue weighted by atomic mass is 9.96. The third kappa shape index (κ3) is 2.89. The van der Waals surface area contributed by atoms with Crippen LogP contribution in [0.1, 0.15) is 29.5 Å². The SMILES string of the molecule is C=C(CCC(=C)c1c[nH]c2ccccc12)c1cccc(C)c1. The minimum Gasteiger partial charge on any atom is -0.361 e. The first-order valence-electron chi connectivity index (χ1n) is 7.64. The highest BCUT2D eigenvalue weighted by molar-refractivity contribution is 5.92. The van der Waals surface area contributed by atoms with E-state index in [4.69, 9.17) is 0 Å². The molecule has 1 heteroatoms. The molecule has 0 aliphatic heterocycles. The average Bonchev–Trinajstić information content (AvgIpc) is 2.96. The molecule has 3 rings (SSSR count). The Hall–Kier alpha value is -2.54. The van der Waals surface area contributed by atoms with E-state index in [-0.39, 0.29) is 0 Å². The van der Waals surface area contributed by atoms with Crippen LogP contribution in [0.2, 0.25) is 0 Å². The van der Waals surface area contributed by atoms with Crippen molar-refractivity contribution in [2.24, 2.45) is 0 Å². The van der Waals surface area contributed by atoms with E-state index < -0.39 is 0 Å². The molecule has 0 aliphatic rings. The van der Waals surface area contributed by atoms with Crippen LogP contribution in [0.15, 0.2) is 67.9 Å². The summed E-state index contributed by atoms with van der Waals surface area (Å²) in [6.45, 7) is 10.6. The molecule has 0 amide bonds. The van der Waals surface area contributed by atoms with Crippen molar-refractivity contribution in [2.75, 3.05) is 0 Å². The van der Waals surface area contributed by atoms with Gasteiger partial charge in [0.2, 0.25) is 0 Å². The van der Waals surface area contributed by atoms with E-state index in [2.05, 4.69) is 73.7 Å². The summed E-state index contributed by atoms with van der Waals surface area (Å²) in [4.78, 5) is 3.31. The number of aromatic amines is 1. The Morgan fingerprint density at radius 3 is 2.55 bits per heavy atom. The van der Waals surface area contributed by atoms with Gasteiger partial charge in [-0.05, 0) is 42.5 Å². The molecule has 0 fully saturated rings. The largest absolute Gasteiger partial charge is 0.361 e. The monoisotopic (exact) mass is 287 g/mol. The zero-order valence-corrected chi connectivity index (χ0v) is 13.0. The molecule has 3 aromatic rings. The molecule has 1 nitrogen and oxygen atoms in total. The topological polar surface area (TPSA) is 15.8 Å². The van der Waals surface area contributed by atoms with Gasteiger partial charge >= 0.3 is 0 Å². The number of aromatic nitrogens is 1. The van der Waals surface area contributed by atoms with E-state index in [9.17, 15) is 0 Å². The van der Waals surface area contributed by atoms with Gasteiger partial charge < -0.3 is 4.98 Å². The number of hydrogen-bond acceptors (Lipinski definition) is 0. The Morgan fingerprint density at radius 1 is 0.955 bits per heavy atom. The van der Waals surface area contributed by atoms with Crippen molar-refractivity contribution < 1.29 is 0 Å². The van der Waals surface area contributed by atoms with Gasteiger partial charge in [-0.2, -0.15) is 0 Å². The highest BCUT2D eigenvalue weighted by Gasteiger charge is 2.07. The van der Waals surface area contributed by atoms with Gasteiger partial charge in [-0.3, -0.25) is 0 Å². The summed E-state index contributed by atoms with van der Waals surface area (Å²) >= 11 is 0. The van der Waals surface area contributed by atoms with Gasteiger partial charge in [0.1, 0.15) is 0 Å². The summed E-state index contributed by atoms with van der Waals surface area (Å²) in [6, 6.07) is 16.9. The maximum atomic E-state index is 4.27. The second-order valence-electron chi connectivity index (χ2n) is 5.82. The predicted molar refractivity (Wildman–Crippen MR) is 96.8 cm³/mol. The van der Waals surface area contributed by atoms with Crippen molar-refractivity contribution in [1.82, 2.24) is 4.98 Å². The first kappa shape index (κ1) is 14.4. The normalized spacial score (nSPS) is 10.8. The first-order chi connectivity index (χ1) is 10.6. The van der Waals surface area contributed by atoms with E-state index in [0.29, 0.717) is 0 Å². The number of benzene rings is 2. The predicted octanol–water partition coefficient (Wildman–Crippen LogP) is 5.98. The highest BCUT2D eigenvalue weighted by Crippen LogP contribution is 2.29. The smallest absolute Gasteiger partial charge is 0.0460 e. The molecule has 0 saturated heterocycles. The third-order valence-corrected chi connectivity index (χ3v) is 4.13. The average molecular weight is 287 g/mol. The Morgan fingerprint density at radius 2 is 1.73 bits per heavy atom. The summed E-state index contributed by atoms with van der Waals surface area (Å²) in [6.07, 6.45) is 3.92. The second-order valence-corrected chi connectivity index (χ2v) is 5.82. The van der Waals surface area contributed by atoms with Gasteiger partial charge in [0.05, 0.1) is 0 Å². The molecule has 0 spiro atoms. The number of nitrogens with one attached hydrogen (secondary N) is 1. The van der Waals surface area contributed by atoms with E-state index in [0.717, 1.165) is 23.9 Å². The van der Waals surface area contributed by atoms with Crippen LogP contribution in [0.4, 0.5) is 0 Å². The standard InChI is InChI=1S/C21H21N/c1-15-7-6-8-18(13-15)16(2)11-12-17(3)20-14-22-21-10-5-4-9-19(20)21/h4-10,13-14,22H,2-3,11-12H2,1H3. The summed E-state index contributed by atoms with van der Waals surface area (Å²) in [5.74, 6) is 0. The Bertz CT molecular complexity index is 836. The number of para-hydroxylation sites is 1. The van der Waals surface area contributed by atoms with Crippen LogP contribution < -0.4 is 0 Å². The fourth-order valence-corrected chi connectivity index (χ4v) is 2.81. The molecular formula is C21H21N. The van der Waals surface area contributed by atoms with Crippen molar-refractivity contribution in [2.45, 2.75) is 19.8 Å². The van der Waals surface area contributed by atoms with E-state index >= 15 is 0 Å². The molecule has 0 radical (unpaired) electrons. The quantitative estimate of drug-likeness (QED) is 0.594. The van der Waals surface area contributed by atoms with E-state index in [1.54, 1.807) is 0 Å². The van der Waals surface area contributed by atoms with E-state index in [1.165, 1.54) is 27.6 Å². The zero-order chi connectivity index (χ0) is 15.5. The number of rotatable bonds is 5. The summed E-state index contributed by atoms with van der Waals surface area (Å²) in [5.41, 5.74) is 7.21. The Balaban J connectivity index is 1.71. The molecule has 1 aromatic heterocycles. The number of H-pyrrole nitrogens is 1. The lowest BCUT2D eigenvalue weighted by Gasteiger charge is -2.09. The summed E-state index contributed by atoms with van der Waals surface area (Å²) < 4.78 is 0. The van der Waals surface area contributed by atoms with Crippen molar-refractivity contribution in [3.63, 3.8) is 0 Å². The van der Waals surface area contributed by atoms with Crippen LogP contribution in [-0.4, -0.2) is 4.98 Å². The fraction of sp³-hybridized carbons (Fsp3) is 0.143. The molecule has 2 aromatic carbocycles. The number of aryl methyl sites for hydroxylation is 1. The maximum absolute atomic E-state index is 4.27. The van der Waals surface area contributed by atoms with Crippen LogP contribution in [0.3, 0.4) is 0 Å². The number of hydrogen-bond donors (Lipinski definition) is 1. The maximum Gasteiger partial charge on any atom is 0.0460 e. The molecule has 110 valence electrons. The lowest BCUT2D eigenvalue weighted by Crippen LogP contribution is -1.87. The molecule has 0 unspecified atom stereocenters. The van der Waals surface area contributed by atoms with Gasteiger partial charge in [-0.1, -0.05) is 61.2 Å². The van der Waals surface area contributed by atoms with E-state index in [1.807, 2.05) is 6.07 Å². The van der Waals surface area contributed by atoms with Crippen LogP contribution in [-0.2, 0) is 0 Å². The Kier molecular flexibility index (Phi) is 3.97. The molecule has 1 N–H and O–H groups in total. The van der Waals surface area contributed by atoms with Crippen molar-refractivity contribution >= 4 is 22.0 Å². The minimum absolute atomic E-state index is 0.925. The van der Waals surface area contributed by atoms with Crippen molar-refractivity contribution in [3.8, 4) is 0 Å². The zero-order valence-electron chi connectivity index (χ0n) is 13.0. The van der Waals surface area contributed by atoms with Crippen LogP contribution in [0.5, 0.6) is 0 Å². The van der Waals surface area contributed by atoms with Crippen molar-refractivity contribution in [1.29, 1.82) is 0 Å². The van der Waals surface area contributed by atoms with Crippen LogP contribution in [0, 0.1) is 6.92 Å². The van der Waals surface area contributed by atoms with Gasteiger partial charge in [0.25, 0.3) is 0 Å². The lowest BCUT2D eigenvalue weighted by molar-refractivity contribution is 1.09. The first-order valence-corrected chi connectivity index (χ1v) is 7.64. The van der Waals surface area contributed by atoms with Crippen LogP contribution >= 0.6 is 0 Å². The molecule has 0 saturated carbocycles. The Labute approximate surface area is 132 Å².